The highest BCUT2D eigenvalue weighted by atomic mass is 35.5. The monoisotopic (exact) mass is 344 g/mol. The molecule has 0 saturated heterocycles. The third-order valence-electron chi connectivity index (χ3n) is 3.56. The molecule has 0 bridgehead atoms. The van der Waals surface area contributed by atoms with Crippen molar-refractivity contribution in [2.75, 3.05) is 20.3 Å². The van der Waals surface area contributed by atoms with E-state index in [-0.39, 0.29) is 5.91 Å². The predicted molar refractivity (Wildman–Crippen MR) is 92.2 cm³/mol. The first kappa shape index (κ1) is 16.3. The molecular weight excluding hydrogens is 328 g/mol. The van der Waals surface area contributed by atoms with Crippen molar-refractivity contribution in [1.29, 1.82) is 0 Å². The van der Waals surface area contributed by atoms with Gasteiger partial charge in [-0.15, -0.1) is 0 Å². The number of halogens is 1. The molecule has 1 aromatic heterocycles. The van der Waals surface area contributed by atoms with Crippen LogP contribution in [0, 0.1) is 0 Å². The second-order valence-electron chi connectivity index (χ2n) is 5.42. The number of hydrogen-bond donors (Lipinski definition) is 0. The molecule has 0 N–H and O–H groups in total. The maximum atomic E-state index is 12.2. The van der Waals surface area contributed by atoms with E-state index in [1.807, 2.05) is 18.2 Å². The third-order valence-corrected chi connectivity index (χ3v) is 3.84. The van der Waals surface area contributed by atoms with Gasteiger partial charge in [-0.1, -0.05) is 17.7 Å². The van der Waals surface area contributed by atoms with Crippen molar-refractivity contribution in [2.45, 2.75) is 6.54 Å². The highest BCUT2D eigenvalue weighted by molar-refractivity contribution is 6.32. The first-order chi connectivity index (χ1) is 11.6. The molecule has 1 amide bonds. The van der Waals surface area contributed by atoms with E-state index >= 15 is 0 Å². The molecule has 0 spiro atoms. The number of hydrogen-bond acceptors (Lipinski definition) is 4. The number of likely N-dealkylation sites (N-methyl/N-ethyl adjacent to an activating group) is 1. The number of carbonyl (C=O) groups excluding carboxylic acids is 1. The largest absolute Gasteiger partial charge is 0.486 e. The molecule has 1 aromatic carbocycles. The summed E-state index contributed by atoms with van der Waals surface area (Å²) in [5.41, 5.74) is 1.76. The molecule has 1 aliphatic heterocycles. The summed E-state index contributed by atoms with van der Waals surface area (Å²) >= 11 is 6.19. The first-order valence-electron chi connectivity index (χ1n) is 7.55. The molecule has 2 heterocycles. The van der Waals surface area contributed by atoms with Crippen molar-refractivity contribution >= 4 is 23.6 Å². The molecule has 0 unspecified atom stereocenters. The van der Waals surface area contributed by atoms with Crippen LogP contribution in [0.5, 0.6) is 11.5 Å². The van der Waals surface area contributed by atoms with Gasteiger partial charge >= 0.3 is 0 Å². The van der Waals surface area contributed by atoms with Crippen LogP contribution in [0.2, 0.25) is 5.02 Å². The summed E-state index contributed by atoms with van der Waals surface area (Å²) in [6.07, 6.45) is 6.68. The molecule has 0 saturated carbocycles. The molecule has 1 aliphatic rings. The summed E-state index contributed by atoms with van der Waals surface area (Å²) in [4.78, 5) is 17.9. The lowest BCUT2D eigenvalue weighted by Gasteiger charge is -2.19. The van der Waals surface area contributed by atoms with Crippen LogP contribution in [0.25, 0.3) is 6.08 Å². The highest BCUT2D eigenvalue weighted by Crippen LogP contribution is 2.38. The van der Waals surface area contributed by atoms with E-state index in [1.165, 1.54) is 6.08 Å². The second kappa shape index (κ2) is 7.36. The van der Waals surface area contributed by atoms with Gasteiger partial charge in [0.15, 0.2) is 11.5 Å². The maximum absolute atomic E-state index is 12.2. The van der Waals surface area contributed by atoms with Gasteiger partial charge in [-0.2, -0.15) is 0 Å². The standard InChI is InChI=1S/C18H17ClN2O3/c1-21(12-14-3-2-6-20-11-14)17(22)5-4-13-9-15(19)18-16(10-13)23-7-8-24-18/h2-6,9-11H,7-8,12H2,1H3/b5-4+. The Labute approximate surface area is 145 Å². The fourth-order valence-corrected chi connectivity index (χ4v) is 2.64. The number of pyridine rings is 1. The number of amides is 1. The number of ether oxygens (including phenoxy) is 2. The molecule has 6 heteroatoms. The van der Waals surface area contributed by atoms with Crippen LogP contribution in [0.1, 0.15) is 11.1 Å². The second-order valence-corrected chi connectivity index (χ2v) is 5.82. The van der Waals surface area contributed by atoms with Crippen molar-refractivity contribution < 1.29 is 14.3 Å². The zero-order valence-corrected chi connectivity index (χ0v) is 14.0. The quantitative estimate of drug-likeness (QED) is 0.799. The number of carbonyl (C=O) groups is 1. The van der Waals surface area contributed by atoms with Gasteiger partial charge in [0.25, 0.3) is 0 Å². The zero-order chi connectivity index (χ0) is 16.9. The lowest BCUT2D eigenvalue weighted by atomic mass is 10.1. The normalized spacial score (nSPS) is 13.1. The minimum Gasteiger partial charge on any atom is -0.486 e. The van der Waals surface area contributed by atoms with Crippen molar-refractivity contribution in [2.24, 2.45) is 0 Å². The lowest BCUT2D eigenvalue weighted by Crippen LogP contribution is -2.24. The van der Waals surface area contributed by atoms with Crippen LogP contribution in [0.15, 0.2) is 42.7 Å². The molecule has 0 radical (unpaired) electrons. The van der Waals surface area contributed by atoms with Gasteiger partial charge in [0, 0.05) is 32.1 Å². The maximum Gasteiger partial charge on any atom is 0.246 e. The molecule has 5 nitrogen and oxygen atoms in total. The van der Waals surface area contributed by atoms with E-state index < -0.39 is 0 Å². The van der Waals surface area contributed by atoms with Crippen LogP contribution in [-0.4, -0.2) is 36.1 Å². The van der Waals surface area contributed by atoms with Gasteiger partial charge in [-0.25, -0.2) is 0 Å². The molecule has 24 heavy (non-hydrogen) atoms. The molecular formula is C18H17ClN2O3. The van der Waals surface area contributed by atoms with Gasteiger partial charge in [0.05, 0.1) is 5.02 Å². The van der Waals surface area contributed by atoms with Crippen molar-refractivity contribution in [3.05, 3.63) is 58.9 Å². The van der Waals surface area contributed by atoms with E-state index in [0.29, 0.717) is 36.3 Å². The Hall–Kier alpha value is -2.53. The van der Waals surface area contributed by atoms with Crippen molar-refractivity contribution in [3.8, 4) is 11.5 Å². The average Bonchev–Trinajstić information content (AvgIpc) is 2.60. The van der Waals surface area contributed by atoms with Crippen molar-refractivity contribution in [1.82, 2.24) is 9.88 Å². The summed E-state index contributed by atoms with van der Waals surface area (Å²) in [5.74, 6) is 1.05. The Balaban J connectivity index is 1.69. The van der Waals surface area contributed by atoms with E-state index in [0.717, 1.165) is 11.1 Å². The van der Waals surface area contributed by atoms with Gasteiger partial charge < -0.3 is 14.4 Å². The minimum absolute atomic E-state index is 0.107. The number of benzene rings is 1. The van der Waals surface area contributed by atoms with Gasteiger partial charge in [-0.05, 0) is 35.4 Å². The number of aromatic nitrogens is 1. The highest BCUT2D eigenvalue weighted by Gasteiger charge is 2.16. The summed E-state index contributed by atoms with van der Waals surface area (Å²) in [7, 11) is 1.75. The van der Waals surface area contributed by atoms with Gasteiger partial charge in [0.2, 0.25) is 5.91 Å². The number of fused-ring (bicyclic) bond motifs is 1. The van der Waals surface area contributed by atoms with Gasteiger partial charge in [0.1, 0.15) is 13.2 Å². The summed E-state index contributed by atoms with van der Waals surface area (Å²) in [5, 5.41) is 0.475. The van der Waals surface area contributed by atoms with Crippen LogP contribution in [0.4, 0.5) is 0 Å². The lowest BCUT2D eigenvalue weighted by molar-refractivity contribution is -0.125. The fourth-order valence-electron chi connectivity index (χ4n) is 2.37. The average molecular weight is 345 g/mol. The Morgan fingerprint density at radius 3 is 3.00 bits per heavy atom. The van der Waals surface area contributed by atoms with Gasteiger partial charge in [-0.3, -0.25) is 9.78 Å². The van der Waals surface area contributed by atoms with Crippen LogP contribution in [0.3, 0.4) is 0 Å². The van der Waals surface area contributed by atoms with E-state index in [2.05, 4.69) is 4.98 Å². The van der Waals surface area contributed by atoms with E-state index in [9.17, 15) is 4.79 Å². The zero-order valence-electron chi connectivity index (χ0n) is 13.2. The van der Waals surface area contributed by atoms with Crippen LogP contribution < -0.4 is 9.47 Å². The molecule has 2 aromatic rings. The van der Waals surface area contributed by atoms with E-state index in [1.54, 1.807) is 36.5 Å². The Morgan fingerprint density at radius 2 is 2.21 bits per heavy atom. The van der Waals surface area contributed by atoms with Crippen LogP contribution >= 0.6 is 11.6 Å². The molecule has 124 valence electrons. The fraction of sp³-hybridized carbons (Fsp3) is 0.222. The molecule has 0 aliphatic carbocycles. The summed E-state index contributed by atoms with van der Waals surface area (Å²) in [6, 6.07) is 7.34. The van der Waals surface area contributed by atoms with E-state index in [4.69, 9.17) is 21.1 Å². The number of nitrogens with zero attached hydrogens (tertiary/aromatic N) is 2. The Morgan fingerprint density at radius 1 is 1.38 bits per heavy atom. The molecule has 0 fully saturated rings. The third kappa shape index (κ3) is 3.86. The first-order valence-corrected chi connectivity index (χ1v) is 7.92. The Bertz CT molecular complexity index is 762. The number of rotatable bonds is 4. The topological polar surface area (TPSA) is 51.7 Å². The van der Waals surface area contributed by atoms with Crippen LogP contribution in [-0.2, 0) is 11.3 Å². The summed E-state index contributed by atoms with van der Waals surface area (Å²) < 4.78 is 11.0. The molecule has 3 rings (SSSR count). The smallest absolute Gasteiger partial charge is 0.246 e. The molecule has 0 atom stereocenters. The van der Waals surface area contributed by atoms with Crippen molar-refractivity contribution in [3.63, 3.8) is 0 Å². The SMILES string of the molecule is CN(Cc1cccnc1)C(=O)/C=C/c1cc(Cl)c2c(c1)OCCO2. The Kier molecular flexibility index (Phi) is 5.01. The predicted octanol–water partition coefficient (Wildman–Crippen LogP) is 3.18. The summed E-state index contributed by atoms with van der Waals surface area (Å²) in [6.45, 7) is 1.47. The minimum atomic E-state index is -0.107.